The lowest BCUT2D eigenvalue weighted by Crippen LogP contribution is -2.30. The van der Waals surface area contributed by atoms with E-state index in [0.29, 0.717) is 11.3 Å². The second kappa shape index (κ2) is 6.91. The highest BCUT2D eigenvalue weighted by Gasteiger charge is 2.17. The van der Waals surface area contributed by atoms with Crippen LogP contribution >= 0.6 is 0 Å². The standard InChI is InChI=1S/C14H22N2O4S/c1-10(2)15-21(18,19)12-6-7-13(11(3)8-12)20-9-14(17)16(4)5/h6-8,10,15H,9H2,1-5H3. The van der Waals surface area contributed by atoms with Crippen molar-refractivity contribution in [1.82, 2.24) is 9.62 Å². The smallest absolute Gasteiger partial charge is 0.259 e. The lowest BCUT2D eigenvalue weighted by Gasteiger charge is -2.14. The van der Waals surface area contributed by atoms with Crippen molar-refractivity contribution in [3.63, 3.8) is 0 Å². The van der Waals surface area contributed by atoms with Crippen molar-refractivity contribution in [2.75, 3.05) is 20.7 Å². The van der Waals surface area contributed by atoms with Gasteiger partial charge in [0.25, 0.3) is 5.91 Å². The number of nitrogens with zero attached hydrogens (tertiary/aromatic N) is 1. The molecule has 0 aliphatic heterocycles. The minimum atomic E-state index is -3.52. The Morgan fingerprint density at radius 3 is 2.43 bits per heavy atom. The van der Waals surface area contributed by atoms with E-state index >= 15 is 0 Å². The summed E-state index contributed by atoms with van der Waals surface area (Å²) in [5, 5.41) is 0. The number of carbonyl (C=O) groups is 1. The van der Waals surface area contributed by atoms with Crippen LogP contribution in [0.15, 0.2) is 23.1 Å². The number of ether oxygens (including phenoxy) is 1. The van der Waals surface area contributed by atoms with E-state index in [1.807, 2.05) is 0 Å². The first-order chi connectivity index (χ1) is 9.63. The third-order valence-electron chi connectivity index (χ3n) is 2.70. The van der Waals surface area contributed by atoms with E-state index in [1.165, 1.54) is 17.0 Å². The summed E-state index contributed by atoms with van der Waals surface area (Å²) in [6.45, 7) is 5.18. The van der Waals surface area contributed by atoms with E-state index in [0.717, 1.165) is 0 Å². The minimum Gasteiger partial charge on any atom is -0.483 e. The van der Waals surface area contributed by atoms with Gasteiger partial charge in [0, 0.05) is 20.1 Å². The Morgan fingerprint density at radius 2 is 1.95 bits per heavy atom. The molecule has 0 saturated heterocycles. The summed E-state index contributed by atoms with van der Waals surface area (Å²) in [7, 11) is -0.235. The number of nitrogens with one attached hydrogen (secondary N) is 1. The predicted octanol–water partition coefficient (Wildman–Crippen LogP) is 1.15. The Bertz CT molecular complexity index is 609. The van der Waals surface area contributed by atoms with Gasteiger partial charge in [-0.2, -0.15) is 0 Å². The fourth-order valence-electron chi connectivity index (χ4n) is 1.60. The first kappa shape index (κ1) is 17.5. The van der Waals surface area contributed by atoms with Crippen LogP contribution in [0, 0.1) is 6.92 Å². The minimum absolute atomic E-state index is 0.0792. The van der Waals surface area contributed by atoms with Gasteiger partial charge in [-0.1, -0.05) is 0 Å². The van der Waals surface area contributed by atoms with Gasteiger partial charge in [-0.15, -0.1) is 0 Å². The maximum Gasteiger partial charge on any atom is 0.259 e. The fraction of sp³-hybridized carbons (Fsp3) is 0.500. The molecule has 0 aliphatic carbocycles. The molecule has 0 radical (unpaired) electrons. The summed E-state index contributed by atoms with van der Waals surface area (Å²) < 4.78 is 32.0. The normalized spacial score (nSPS) is 11.5. The highest BCUT2D eigenvalue weighted by atomic mass is 32.2. The summed E-state index contributed by atoms with van der Waals surface area (Å²) in [4.78, 5) is 13.1. The number of sulfonamides is 1. The highest BCUT2D eigenvalue weighted by Crippen LogP contribution is 2.22. The number of hydrogen-bond donors (Lipinski definition) is 1. The Labute approximate surface area is 126 Å². The molecule has 0 aliphatic rings. The molecule has 1 aromatic carbocycles. The van der Waals surface area contributed by atoms with Crippen LogP contribution in [0.3, 0.4) is 0 Å². The van der Waals surface area contributed by atoms with Gasteiger partial charge in [0.15, 0.2) is 6.61 Å². The second-order valence-electron chi connectivity index (χ2n) is 5.28. The van der Waals surface area contributed by atoms with E-state index < -0.39 is 10.0 Å². The molecule has 0 aromatic heterocycles. The van der Waals surface area contributed by atoms with Crippen LogP contribution in [0.1, 0.15) is 19.4 Å². The van der Waals surface area contributed by atoms with E-state index in [2.05, 4.69) is 4.72 Å². The Hall–Kier alpha value is -1.60. The van der Waals surface area contributed by atoms with Crippen LogP contribution in [-0.2, 0) is 14.8 Å². The van der Waals surface area contributed by atoms with E-state index in [9.17, 15) is 13.2 Å². The topological polar surface area (TPSA) is 75.7 Å². The number of likely N-dealkylation sites (N-methyl/N-ethyl adjacent to an activating group) is 1. The Kier molecular flexibility index (Phi) is 5.74. The molecule has 6 nitrogen and oxygen atoms in total. The Balaban J connectivity index is 2.88. The first-order valence-electron chi connectivity index (χ1n) is 6.59. The molecule has 21 heavy (non-hydrogen) atoms. The molecular weight excluding hydrogens is 292 g/mol. The number of aryl methyl sites for hydroxylation is 1. The van der Waals surface area contributed by atoms with Crippen molar-refractivity contribution in [2.45, 2.75) is 31.7 Å². The second-order valence-corrected chi connectivity index (χ2v) is 6.99. The zero-order valence-corrected chi connectivity index (χ0v) is 13.8. The van der Waals surface area contributed by atoms with Crippen LogP contribution in [0.2, 0.25) is 0 Å². The van der Waals surface area contributed by atoms with Crippen molar-refractivity contribution in [3.05, 3.63) is 23.8 Å². The van der Waals surface area contributed by atoms with Gasteiger partial charge in [0.05, 0.1) is 4.90 Å². The molecule has 1 aromatic rings. The number of hydrogen-bond acceptors (Lipinski definition) is 4. The molecule has 7 heteroatoms. The zero-order chi connectivity index (χ0) is 16.2. The average Bonchev–Trinajstić information content (AvgIpc) is 2.35. The van der Waals surface area contributed by atoms with Gasteiger partial charge < -0.3 is 9.64 Å². The van der Waals surface area contributed by atoms with Gasteiger partial charge in [0.2, 0.25) is 10.0 Å². The summed E-state index contributed by atoms with van der Waals surface area (Å²) in [6.07, 6.45) is 0. The maximum absolute atomic E-state index is 12.0. The van der Waals surface area contributed by atoms with Crippen LogP contribution in [-0.4, -0.2) is 46.0 Å². The summed E-state index contributed by atoms with van der Waals surface area (Å²) in [6, 6.07) is 4.38. The Morgan fingerprint density at radius 1 is 1.33 bits per heavy atom. The zero-order valence-electron chi connectivity index (χ0n) is 13.0. The third-order valence-corrected chi connectivity index (χ3v) is 4.35. The van der Waals surface area contributed by atoms with Crippen molar-refractivity contribution in [1.29, 1.82) is 0 Å². The summed E-state index contributed by atoms with van der Waals surface area (Å²) >= 11 is 0. The SMILES string of the molecule is Cc1cc(S(=O)(=O)NC(C)C)ccc1OCC(=O)N(C)C. The quantitative estimate of drug-likeness (QED) is 0.854. The molecule has 0 spiro atoms. The largest absolute Gasteiger partial charge is 0.483 e. The number of rotatable bonds is 6. The molecule has 1 amide bonds. The van der Waals surface area contributed by atoms with Crippen molar-refractivity contribution < 1.29 is 17.9 Å². The number of carbonyl (C=O) groups excluding carboxylic acids is 1. The lowest BCUT2D eigenvalue weighted by molar-refractivity contribution is -0.130. The highest BCUT2D eigenvalue weighted by molar-refractivity contribution is 7.89. The first-order valence-corrected chi connectivity index (χ1v) is 8.07. The van der Waals surface area contributed by atoms with E-state index in [4.69, 9.17) is 4.74 Å². The molecule has 0 bridgehead atoms. The molecule has 0 heterocycles. The van der Waals surface area contributed by atoms with E-state index in [1.54, 1.807) is 40.9 Å². The van der Waals surface area contributed by atoms with Crippen LogP contribution < -0.4 is 9.46 Å². The molecule has 0 unspecified atom stereocenters. The molecule has 1 N–H and O–H groups in total. The average molecular weight is 314 g/mol. The molecule has 1 rings (SSSR count). The van der Waals surface area contributed by atoms with Crippen molar-refractivity contribution >= 4 is 15.9 Å². The molecule has 0 fully saturated rings. The van der Waals surface area contributed by atoms with Gasteiger partial charge in [-0.05, 0) is 44.5 Å². The molecular formula is C14H22N2O4S. The number of benzene rings is 1. The van der Waals surface area contributed by atoms with Crippen molar-refractivity contribution in [3.8, 4) is 5.75 Å². The summed E-state index contributed by atoms with van der Waals surface area (Å²) in [5.74, 6) is 0.335. The van der Waals surface area contributed by atoms with Gasteiger partial charge in [-0.25, -0.2) is 13.1 Å². The van der Waals surface area contributed by atoms with E-state index in [-0.39, 0.29) is 23.5 Å². The third kappa shape index (κ3) is 5.02. The van der Waals surface area contributed by atoms with Gasteiger partial charge in [-0.3, -0.25) is 4.79 Å². The van der Waals surface area contributed by atoms with Crippen molar-refractivity contribution in [2.24, 2.45) is 0 Å². The summed E-state index contributed by atoms with van der Waals surface area (Å²) in [5.41, 5.74) is 0.660. The monoisotopic (exact) mass is 314 g/mol. The van der Waals surface area contributed by atoms with Crippen LogP contribution in [0.4, 0.5) is 0 Å². The van der Waals surface area contributed by atoms with Crippen LogP contribution in [0.5, 0.6) is 5.75 Å². The molecule has 0 saturated carbocycles. The molecule has 0 atom stereocenters. The van der Waals surface area contributed by atoms with Crippen LogP contribution in [0.25, 0.3) is 0 Å². The molecule has 118 valence electrons. The predicted molar refractivity (Wildman–Crippen MR) is 80.8 cm³/mol. The fourth-order valence-corrected chi connectivity index (χ4v) is 2.93. The van der Waals surface area contributed by atoms with Gasteiger partial charge >= 0.3 is 0 Å². The number of amides is 1. The maximum atomic E-state index is 12.0. The lowest BCUT2D eigenvalue weighted by atomic mass is 10.2. The van der Waals surface area contributed by atoms with Gasteiger partial charge in [0.1, 0.15) is 5.75 Å².